The summed E-state index contributed by atoms with van der Waals surface area (Å²) in [6.07, 6.45) is 0.494. The zero-order chi connectivity index (χ0) is 21.1. The zero-order valence-electron chi connectivity index (χ0n) is 16.8. The van der Waals surface area contributed by atoms with E-state index in [4.69, 9.17) is 9.15 Å². The molecule has 0 saturated heterocycles. The summed E-state index contributed by atoms with van der Waals surface area (Å²) in [5.74, 6) is 0.699. The van der Waals surface area contributed by atoms with Crippen molar-refractivity contribution in [1.29, 1.82) is 0 Å². The van der Waals surface area contributed by atoms with Crippen molar-refractivity contribution in [2.75, 3.05) is 18.1 Å². The first-order valence-corrected chi connectivity index (χ1v) is 10.6. The Bertz CT molecular complexity index is 1140. The first kappa shape index (κ1) is 20.0. The normalized spacial score (nSPS) is 11.3. The molecule has 0 fully saturated rings. The molecule has 2 aromatic carbocycles. The van der Waals surface area contributed by atoms with E-state index in [0.717, 1.165) is 33.7 Å². The van der Waals surface area contributed by atoms with E-state index in [-0.39, 0.29) is 16.8 Å². The maximum Gasteiger partial charge on any atom is 0.307 e. The van der Waals surface area contributed by atoms with E-state index in [1.807, 2.05) is 48.5 Å². The number of aromatic nitrogens is 2. The topological polar surface area (TPSA) is 91.6 Å². The molecule has 2 heterocycles. The number of nitrogens with one attached hydrogen (secondary N) is 1. The number of para-hydroxylation sites is 2. The number of aromatic amines is 1. The fraction of sp³-hybridized carbons (Fsp3) is 0.273. The van der Waals surface area contributed by atoms with Crippen molar-refractivity contribution in [3.8, 4) is 11.6 Å². The molecule has 8 heteroatoms. The van der Waals surface area contributed by atoms with Crippen molar-refractivity contribution < 1.29 is 14.3 Å². The van der Waals surface area contributed by atoms with Crippen LogP contribution in [0.2, 0.25) is 0 Å². The molecule has 0 aliphatic rings. The Balaban J connectivity index is 1.36. The van der Waals surface area contributed by atoms with Crippen molar-refractivity contribution in [2.24, 2.45) is 0 Å². The third-order valence-corrected chi connectivity index (χ3v) is 5.61. The summed E-state index contributed by atoms with van der Waals surface area (Å²) in [7, 11) is 0. The molecule has 30 heavy (non-hydrogen) atoms. The lowest BCUT2D eigenvalue weighted by molar-refractivity contribution is 0.317. The minimum atomic E-state index is -0.254. The van der Waals surface area contributed by atoms with Gasteiger partial charge in [-0.25, -0.2) is 0 Å². The number of ether oxygens (including phenoxy) is 1. The third-order valence-electron chi connectivity index (χ3n) is 4.74. The Labute approximate surface area is 177 Å². The standard InChI is InChI=1S/C22H23N3O4S/c1-14(2)25(21-23-17-5-3-4-6-18(17)29-21)11-12-28-16-9-7-15(8-10-16)13-19-20(26)24-22(27)30-19/h3-10,14,26H,11-13H2,1-2H3,(H,24,27). The zero-order valence-corrected chi connectivity index (χ0v) is 17.6. The number of thiazole rings is 1. The van der Waals surface area contributed by atoms with E-state index in [1.165, 1.54) is 0 Å². The van der Waals surface area contributed by atoms with Crippen LogP contribution < -0.4 is 14.5 Å². The summed E-state index contributed by atoms with van der Waals surface area (Å²) in [6, 6.07) is 16.2. The van der Waals surface area contributed by atoms with Gasteiger partial charge in [0.05, 0.1) is 11.4 Å². The Morgan fingerprint density at radius 1 is 1.20 bits per heavy atom. The van der Waals surface area contributed by atoms with Gasteiger partial charge in [0, 0.05) is 12.5 Å². The van der Waals surface area contributed by atoms with Crippen LogP contribution in [0.15, 0.2) is 57.7 Å². The van der Waals surface area contributed by atoms with E-state index >= 15 is 0 Å². The molecule has 0 aliphatic carbocycles. The highest BCUT2D eigenvalue weighted by Gasteiger charge is 2.17. The molecule has 2 N–H and O–H groups in total. The highest BCUT2D eigenvalue weighted by Crippen LogP contribution is 2.24. The van der Waals surface area contributed by atoms with E-state index in [9.17, 15) is 9.90 Å². The lowest BCUT2D eigenvalue weighted by Gasteiger charge is -2.24. The lowest BCUT2D eigenvalue weighted by Crippen LogP contribution is -2.34. The SMILES string of the molecule is CC(C)N(CCOc1ccc(Cc2sc(=O)[nH]c2O)cc1)c1nc2ccccc2o1. The Morgan fingerprint density at radius 3 is 2.63 bits per heavy atom. The molecule has 0 unspecified atom stereocenters. The van der Waals surface area contributed by atoms with Crippen LogP contribution in [-0.2, 0) is 6.42 Å². The summed E-state index contributed by atoms with van der Waals surface area (Å²) in [4.78, 5) is 20.7. The Hall–Kier alpha value is -3.26. The summed E-state index contributed by atoms with van der Waals surface area (Å²) in [5.41, 5.74) is 2.60. The van der Waals surface area contributed by atoms with Crippen LogP contribution in [-0.4, -0.2) is 34.3 Å². The number of hydrogen-bond acceptors (Lipinski definition) is 7. The molecule has 0 aliphatic heterocycles. The van der Waals surface area contributed by atoms with Gasteiger partial charge in [0.25, 0.3) is 6.01 Å². The summed E-state index contributed by atoms with van der Waals surface area (Å²) in [5, 5.41) is 9.71. The molecule has 7 nitrogen and oxygen atoms in total. The van der Waals surface area contributed by atoms with E-state index < -0.39 is 0 Å². The average Bonchev–Trinajstić information content (AvgIpc) is 3.28. The average molecular weight is 426 g/mol. The molecule has 4 aromatic rings. The number of aromatic hydroxyl groups is 1. The van der Waals surface area contributed by atoms with Gasteiger partial charge in [0.1, 0.15) is 17.9 Å². The second-order valence-corrected chi connectivity index (χ2v) is 8.27. The van der Waals surface area contributed by atoms with Crippen LogP contribution in [0.5, 0.6) is 11.6 Å². The van der Waals surface area contributed by atoms with Gasteiger partial charge in [-0.15, -0.1) is 0 Å². The van der Waals surface area contributed by atoms with Crippen LogP contribution in [0.4, 0.5) is 6.01 Å². The molecular weight excluding hydrogens is 402 g/mol. The van der Waals surface area contributed by atoms with Gasteiger partial charge in [-0.3, -0.25) is 9.78 Å². The molecule has 2 aromatic heterocycles. The van der Waals surface area contributed by atoms with Crippen molar-refractivity contribution in [1.82, 2.24) is 9.97 Å². The Morgan fingerprint density at radius 2 is 1.97 bits per heavy atom. The molecule has 0 saturated carbocycles. The summed E-state index contributed by atoms with van der Waals surface area (Å²) in [6.45, 7) is 5.30. The number of anilines is 1. The van der Waals surface area contributed by atoms with Gasteiger partial charge >= 0.3 is 4.87 Å². The fourth-order valence-electron chi connectivity index (χ4n) is 3.18. The van der Waals surface area contributed by atoms with Gasteiger partial charge in [-0.1, -0.05) is 35.6 Å². The molecule has 0 radical (unpaired) electrons. The first-order chi connectivity index (χ1) is 14.5. The lowest BCUT2D eigenvalue weighted by atomic mass is 10.1. The summed E-state index contributed by atoms with van der Waals surface area (Å²) >= 11 is 1.02. The number of oxazole rings is 1. The number of rotatable bonds is 8. The van der Waals surface area contributed by atoms with Gasteiger partial charge in [-0.05, 0) is 43.7 Å². The Kier molecular flexibility index (Phi) is 5.76. The van der Waals surface area contributed by atoms with Crippen molar-refractivity contribution in [2.45, 2.75) is 26.3 Å². The van der Waals surface area contributed by atoms with Crippen molar-refractivity contribution in [3.05, 3.63) is 68.6 Å². The number of nitrogens with zero attached hydrogens (tertiary/aromatic N) is 2. The molecule has 0 bridgehead atoms. The highest BCUT2D eigenvalue weighted by molar-refractivity contribution is 7.09. The maximum absolute atomic E-state index is 11.3. The van der Waals surface area contributed by atoms with Crippen LogP contribution in [0.1, 0.15) is 24.3 Å². The van der Waals surface area contributed by atoms with Crippen molar-refractivity contribution >= 4 is 28.5 Å². The smallest absolute Gasteiger partial charge is 0.307 e. The second kappa shape index (κ2) is 8.62. The van der Waals surface area contributed by atoms with Crippen LogP contribution in [0, 0.1) is 0 Å². The van der Waals surface area contributed by atoms with Gasteiger partial charge in [0.2, 0.25) is 5.88 Å². The van der Waals surface area contributed by atoms with Crippen LogP contribution >= 0.6 is 11.3 Å². The minimum absolute atomic E-state index is 0.0571. The van der Waals surface area contributed by atoms with Gasteiger partial charge in [-0.2, -0.15) is 4.98 Å². The minimum Gasteiger partial charge on any atom is -0.494 e. The number of hydrogen-bond donors (Lipinski definition) is 2. The molecule has 156 valence electrons. The fourth-order valence-corrected chi connectivity index (χ4v) is 3.94. The number of fused-ring (bicyclic) bond motifs is 1. The number of benzene rings is 2. The van der Waals surface area contributed by atoms with Crippen LogP contribution in [0.3, 0.4) is 0 Å². The van der Waals surface area contributed by atoms with E-state index in [0.29, 0.717) is 30.5 Å². The highest BCUT2D eigenvalue weighted by atomic mass is 32.1. The van der Waals surface area contributed by atoms with E-state index in [1.54, 1.807) is 0 Å². The van der Waals surface area contributed by atoms with Crippen molar-refractivity contribution in [3.63, 3.8) is 0 Å². The molecule has 4 rings (SSSR count). The van der Waals surface area contributed by atoms with Crippen LogP contribution in [0.25, 0.3) is 11.1 Å². The largest absolute Gasteiger partial charge is 0.494 e. The first-order valence-electron chi connectivity index (χ1n) is 9.74. The van der Waals surface area contributed by atoms with E-state index in [2.05, 4.69) is 28.7 Å². The van der Waals surface area contributed by atoms with Gasteiger partial charge in [0.15, 0.2) is 5.58 Å². The molecule has 0 atom stereocenters. The third kappa shape index (κ3) is 4.49. The molecular formula is C22H23N3O4S. The predicted octanol–water partition coefficient (Wildman–Crippen LogP) is 4.17. The molecule has 0 amide bonds. The summed E-state index contributed by atoms with van der Waals surface area (Å²) < 4.78 is 11.8. The predicted molar refractivity (Wildman–Crippen MR) is 118 cm³/mol. The van der Waals surface area contributed by atoms with Gasteiger partial charge < -0.3 is 19.2 Å². The maximum atomic E-state index is 11.3. The second-order valence-electron chi connectivity index (χ2n) is 7.21. The number of H-pyrrole nitrogens is 1. The molecule has 0 spiro atoms. The monoisotopic (exact) mass is 425 g/mol. The quantitative estimate of drug-likeness (QED) is 0.440.